The van der Waals surface area contributed by atoms with Crippen LogP contribution in [0.4, 0.5) is 5.69 Å². The largest absolute Gasteiger partial charge is 0.382 e. The summed E-state index contributed by atoms with van der Waals surface area (Å²) in [4.78, 5) is 21.9. The van der Waals surface area contributed by atoms with Crippen LogP contribution in [0.5, 0.6) is 0 Å². The Morgan fingerprint density at radius 1 is 1.17 bits per heavy atom. The number of nitrogens with zero attached hydrogens (tertiary/aromatic N) is 2. The molecule has 7 heteroatoms. The van der Waals surface area contributed by atoms with E-state index in [2.05, 4.69) is 25.9 Å². The van der Waals surface area contributed by atoms with Crippen molar-refractivity contribution in [3.05, 3.63) is 41.1 Å². The van der Waals surface area contributed by atoms with Gasteiger partial charge in [-0.15, -0.1) is 0 Å². The topological polar surface area (TPSA) is 102 Å². The van der Waals surface area contributed by atoms with Gasteiger partial charge in [-0.25, -0.2) is 4.99 Å². The number of allylic oxidation sites excluding steroid dienone is 2. The zero-order valence-electron chi connectivity index (χ0n) is 17.5. The molecule has 2 aliphatic carbocycles. The molecule has 0 radical (unpaired) electrons. The molecule has 4 N–H and O–H groups in total. The van der Waals surface area contributed by atoms with Gasteiger partial charge < -0.3 is 21.4 Å². The molecule has 2 fully saturated rings. The zero-order chi connectivity index (χ0) is 20.9. The molecule has 2 heterocycles. The standard InChI is InChI=1S/C23H30N6O/c1-15-12-26-22(27-13-15)18(11-24)20-10-21(28-16-8-5-9-16)19(14-25-20)23(30)29-17-6-3-2-4-7-17/h10-14,16-17,24,26H,2-9H2,1H3,(H,25,28)(H,29,30)/b22-18-,24-11?. The normalized spacial score (nSPS) is 21.2. The van der Waals surface area contributed by atoms with Crippen molar-refractivity contribution in [1.82, 2.24) is 15.6 Å². The molecular weight excluding hydrogens is 376 g/mol. The van der Waals surface area contributed by atoms with Crippen LogP contribution < -0.4 is 16.0 Å². The summed E-state index contributed by atoms with van der Waals surface area (Å²) in [6, 6.07) is 2.51. The number of hydrogen-bond donors (Lipinski definition) is 4. The molecule has 4 rings (SSSR count). The molecule has 0 unspecified atom stereocenters. The first-order valence-corrected chi connectivity index (χ1v) is 10.9. The van der Waals surface area contributed by atoms with Crippen LogP contribution in [0.3, 0.4) is 0 Å². The molecule has 0 atom stereocenters. The fourth-order valence-corrected chi connectivity index (χ4v) is 4.02. The molecule has 158 valence electrons. The number of carbonyl (C=O) groups excluding carboxylic acids is 1. The highest BCUT2D eigenvalue weighted by molar-refractivity contribution is 6.10. The minimum absolute atomic E-state index is 0.0702. The third kappa shape index (κ3) is 4.61. The van der Waals surface area contributed by atoms with Crippen molar-refractivity contribution in [1.29, 1.82) is 5.41 Å². The molecule has 7 nitrogen and oxygen atoms in total. The molecule has 30 heavy (non-hydrogen) atoms. The highest BCUT2D eigenvalue weighted by Gasteiger charge is 2.24. The third-order valence-corrected chi connectivity index (χ3v) is 6.06. The third-order valence-electron chi connectivity index (χ3n) is 6.06. The molecule has 0 spiro atoms. The van der Waals surface area contributed by atoms with Gasteiger partial charge in [-0.05, 0) is 50.7 Å². The summed E-state index contributed by atoms with van der Waals surface area (Å²) in [7, 11) is 0. The summed E-state index contributed by atoms with van der Waals surface area (Å²) in [6.07, 6.45) is 15.6. The van der Waals surface area contributed by atoms with Crippen molar-refractivity contribution in [3.8, 4) is 0 Å². The lowest BCUT2D eigenvalue weighted by Gasteiger charge is -2.29. The molecule has 1 amide bonds. The predicted molar refractivity (Wildman–Crippen MR) is 121 cm³/mol. The van der Waals surface area contributed by atoms with Gasteiger partial charge in [0.1, 0.15) is 5.82 Å². The number of rotatable bonds is 6. The van der Waals surface area contributed by atoms with Crippen molar-refractivity contribution >= 4 is 29.6 Å². The predicted octanol–water partition coefficient (Wildman–Crippen LogP) is 4.00. The second kappa shape index (κ2) is 9.24. The number of pyridine rings is 1. The molecular formula is C23H30N6O. The van der Waals surface area contributed by atoms with Gasteiger partial charge in [0.25, 0.3) is 5.91 Å². The van der Waals surface area contributed by atoms with E-state index >= 15 is 0 Å². The van der Waals surface area contributed by atoms with Crippen molar-refractivity contribution in [2.75, 3.05) is 5.32 Å². The van der Waals surface area contributed by atoms with Gasteiger partial charge in [0.15, 0.2) is 0 Å². The number of nitrogens with one attached hydrogen (secondary N) is 4. The highest BCUT2D eigenvalue weighted by atomic mass is 16.1. The SMILES string of the molecule is CC1=CN/C(=C(\C=N)c2cc(NC3CCC3)c(C(=O)NC3CCCCC3)cn2)N=C1. The molecule has 1 aromatic rings. The Hall–Kier alpha value is -2.96. The van der Waals surface area contributed by atoms with E-state index in [0.717, 1.165) is 36.9 Å². The van der Waals surface area contributed by atoms with E-state index in [1.165, 1.54) is 31.9 Å². The Balaban J connectivity index is 1.62. The van der Waals surface area contributed by atoms with Gasteiger partial charge in [-0.2, -0.15) is 0 Å². The minimum Gasteiger partial charge on any atom is -0.382 e. The fraction of sp³-hybridized carbons (Fsp3) is 0.478. The Morgan fingerprint density at radius 2 is 1.93 bits per heavy atom. The average molecular weight is 407 g/mol. The van der Waals surface area contributed by atoms with Gasteiger partial charge in [-0.3, -0.25) is 9.78 Å². The van der Waals surface area contributed by atoms with Crippen LogP contribution in [-0.4, -0.2) is 35.4 Å². The Morgan fingerprint density at radius 3 is 2.57 bits per heavy atom. The summed E-state index contributed by atoms with van der Waals surface area (Å²) < 4.78 is 0. The summed E-state index contributed by atoms with van der Waals surface area (Å²) in [5, 5.41) is 17.7. The molecule has 2 saturated carbocycles. The zero-order valence-corrected chi connectivity index (χ0v) is 17.5. The van der Waals surface area contributed by atoms with E-state index < -0.39 is 0 Å². The number of amides is 1. The van der Waals surface area contributed by atoms with E-state index in [4.69, 9.17) is 5.41 Å². The maximum absolute atomic E-state index is 13.0. The van der Waals surface area contributed by atoms with Crippen LogP contribution in [0.25, 0.3) is 5.57 Å². The minimum atomic E-state index is -0.0702. The molecule has 1 aliphatic heterocycles. The van der Waals surface area contributed by atoms with Crippen LogP contribution in [0.15, 0.2) is 34.8 Å². The monoisotopic (exact) mass is 406 g/mol. The molecule has 1 aromatic heterocycles. The van der Waals surface area contributed by atoms with Gasteiger partial charge >= 0.3 is 0 Å². The van der Waals surface area contributed by atoms with Gasteiger partial charge in [0, 0.05) is 36.9 Å². The van der Waals surface area contributed by atoms with Crippen LogP contribution in [0, 0.1) is 5.41 Å². The van der Waals surface area contributed by atoms with Gasteiger partial charge in [0.05, 0.1) is 22.5 Å². The van der Waals surface area contributed by atoms with E-state index in [9.17, 15) is 4.79 Å². The van der Waals surface area contributed by atoms with E-state index in [1.54, 1.807) is 12.4 Å². The first kappa shape index (κ1) is 20.3. The van der Waals surface area contributed by atoms with Gasteiger partial charge in [-0.1, -0.05) is 19.3 Å². The van der Waals surface area contributed by atoms with Crippen molar-refractivity contribution in [2.24, 2.45) is 4.99 Å². The first-order chi connectivity index (χ1) is 14.6. The second-order valence-corrected chi connectivity index (χ2v) is 8.39. The Kier molecular flexibility index (Phi) is 6.26. The maximum Gasteiger partial charge on any atom is 0.255 e. The van der Waals surface area contributed by atoms with Crippen LogP contribution in [-0.2, 0) is 0 Å². The summed E-state index contributed by atoms with van der Waals surface area (Å²) in [5.74, 6) is 0.510. The maximum atomic E-state index is 13.0. The fourth-order valence-electron chi connectivity index (χ4n) is 4.02. The number of aromatic nitrogens is 1. The van der Waals surface area contributed by atoms with Crippen LogP contribution in [0.1, 0.15) is 74.3 Å². The average Bonchev–Trinajstić information content (AvgIpc) is 2.73. The summed E-state index contributed by atoms with van der Waals surface area (Å²) in [5.41, 5.74) is 3.57. The van der Waals surface area contributed by atoms with Gasteiger partial charge in [0.2, 0.25) is 0 Å². The van der Waals surface area contributed by atoms with E-state index in [1.807, 2.05) is 19.2 Å². The second-order valence-electron chi connectivity index (χ2n) is 8.39. The highest BCUT2D eigenvalue weighted by Crippen LogP contribution is 2.28. The van der Waals surface area contributed by atoms with E-state index in [0.29, 0.717) is 28.7 Å². The smallest absolute Gasteiger partial charge is 0.255 e. The summed E-state index contributed by atoms with van der Waals surface area (Å²) in [6.45, 7) is 1.95. The van der Waals surface area contributed by atoms with Crippen molar-refractivity contribution in [3.63, 3.8) is 0 Å². The van der Waals surface area contributed by atoms with Crippen LogP contribution >= 0.6 is 0 Å². The lowest BCUT2D eigenvalue weighted by Crippen LogP contribution is -2.37. The number of hydrogen-bond acceptors (Lipinski definition) is 6. The van der Waals surface area contributed by atoms with Crippen molar-refractivity contribution < 1.29 is 4.79 Å². The molecule has 0 bridgehead atoms. The Bertz CT molecular complexity index is 906. The quantitative estimate of drug-likeness (QED) is 0.536. The van der Waals surface area contributed by atoms with Crippen molar-refractivity contribution in [2.45, 2.75) is 70.4 Å². The lowest BCUT2D eigenvalue weighted by molar-refractivity contribution is 0.0928. The number of aliphatic imine (C=N–C) groups is 1. The first-order valence-electron chi connectivity index (χ1n) is 10.9. The molecule has 3 aliphatic rings. The van der Waals surface area contributed by atoms with E-state index in [-0.39, 0.29) is 11.9 Å². The van der Waals surface area contributed by atoms with Crippen LogP contribution in [0.2, 0.25) is 0 Å². The number of anilines is 1. The summed E-state index contributed by atoms with van der Waals surface area (Å²) >= 11 is 0. The Labute approximate surface area is 177 Å². The lowest BCUT2D eigenvalue weighted by atomic mass is 9.92. The molecule has 0 aromatic carbocycles. The molecule has 0 saturated heterocycles. The number of carbonyl (C=O) groups is 1.